The topological polar surface area (TPSA) is 15.3 Å². The third-order valence-electron chi connectivity index (χ3n) is 3.60. The molecule has 1 unspecified atom stereocenters. The minimum Gasteiger partial charge on any atom is -0.312 e. The standard InChI is InChI=1S/C15H32N2/c1-5-6-7-10-17-11-8-9-14(13-17)12-16-15(2,3)4/h14,16H,5-13H2,1-4H3. The molecule has 0 saturated carbocycles. The number of nitrogens with one attached hydrogen (secondary N) is 1. The Balaban J connectivity index is 2.19. The average Bonchev–Trinajstić information content (AvgIpc) is 2.27. The first kappa shape index (κ1) is 15.0. The Hall–Kier alpha value is -0.0800. The van der Waals surface area contributed by atoms with E-state index < -0.39 is 0 Å². The molecule has 1 atom stereocenters. The van der Waals surface area contributed by atoms with Gasteiger partial charge < -0.3 is 10.2 Å². The van der Waals surface area contributed by atoms with Crippen molar-refractivity contribution >= 4 is 0 Å². The number of nitrogens with zero attached hydrogens (tertiary/aromatic N) is 1. The summed E-state index contributed by atoms with van der Waals surface area (Å²) in [6, 6.07) is 0. The van der Waals surface area contributed by atoms with Crippen molar-refractivity contribution in [1.82, 2.24) is 10.2 Å². The van der Waals surface area contributed by atoms with Crippen molar-refractivity contribution in [2.45, 2.75) is 65.3 Å². The van der Waals surface area contributed by atoms with E-state index in [0.29, 0.717) is 0 Å². The summed E-state index contributed by atoms with van der Waals surface area (Å²) in [5.41, 5.74) is 0.268. The largest absolute Gasteiger partial charge is 0.312 e. The number of likely N-dealkylation sites (tertiary alicyclic amines) is 1. The van der Waals surface area contributed by atoms with Gasteiger partial charge in [-0.3, -0.25) is 0 Å². The van der Waals surface area contributed by atoms with Crippen molar-refractivity contribution in [1.29, 1.82) is 0 Å². The Morgan fingerprint density at radius 2 is 2.00 bits per heavy atom. The van der Waals surface area contributed by atoms with Crippen LogP contribution in [0.4, 0.5) is 0 Å². The summed E-state index contributed by atoms with van der Waals surface area (Å²) in [4.78, 5) is 2.67. The molecule has 1 heterocycles. The zero-order valence-electron chi connectivity index (χ0n) is 12.4. The quantitative estimate of drug-likeness (QED) is 0.717. The Labute approximate surface area is 108 Å². The van der Waals surface area contributed by atoms with Crippen LogP contribution in [0, 0.1) is 5.92 Å². The SMILES string of the molecule is CCCCCN1CCCC(CNC(C)(C)C)C1. The fraction of sp³-hybridized carbons (Fsp3) is 1.00. The Kier molecular flexibility index (Phi) is 6.50. The van der Waals surface area contributed by atoms with Crippen LogP contribution in [0.25, 0.3) is 0 Å². The van der Waals surface area contributed by atoms with Gasteiger partial charge in [-0.05, 0) is 65.6 Å². The zero-order valence-corrected chi connectivity index (χ0v) is 12.4. The molecule has 1 rings (SSSR count). The molecule has 0 amide bonds. The molecule has 2 nitrogen and oxygen atoms in total. The van der Waals surface area contributed by atoms with Gasteiger partial charge in [0.25, 0.3) is 0 Å². The third-order valence-corrected chi connectivity index (χ3v) is 3.60. The second kappa shape index (κ2) is 7.38. The normalized spacial score (nSPS) is 22.9. The van der Waals surface area contributed by atoms with E-state index in [1.807, 2.05) is 0 Å². The van der Waals surface area contributed by atoms with E-state index in [9.17, 15) is 0 Å². The first-order valence-electron chi connectivity index (χ1n) is 7.48. The van der Waals surface area contributed by atoms with E-state index in [1.165, 1.54) is 58.3 Å². The van der Waals surface area contributed by atoms with E-state index in [-0.39, 0.29) is 5.54 Å². The first-order valence-corrected chi connectivity index (χ1v) is 7.48. The molecule has 0 aromatic heterocycles. The molecule has 0 radical (unpaired) electrons. The van der Waals surface area contributed by atoms with Crippen molar-refractivity contribution in [3.8, 4) is 0 Å². The molecule has 1 aliphatic rings. The van der Waals surface area contributed by atoms with Crippen LogP contribution in [-0.2, 0) is 0 Å². The van der Waals surface area contributed by atoms with Gasteiger partial charge in [-0.15, -0.1) is 0 Å². The maximum Gasteiger partial charge on any atom is 0.00966 e. The molecule has 0 bridgehead atoms. The summed E-state index contributed by atoms with van der Waals surface area (Å²) in [7, 11) is 0. The van der Waals surface area contributed by atoms with Gasteiger partial charge in [0.2, 0.25) is 0 Å². The summed E-state index contributed by atoms with van der Waals surface area (Å²) >= 11 is 0. The fourth-order valence-corrected chi connectivity index (χ4v) is 2.56. The monoisotopic (exact) mass is 240 g/mol. The van der Waals surface area contributed by atoms with Gasteiger partial charge in [0.15, 0.2) is 0 Å². The van der Waals surface area contributed by atoms with Crippen LogP contribution in [0.2, 0.25) is 0 Å². The molecule has 0 spiro atoms. The van der Waals surface area contributed by atoms with Crippen molar-refractivity contribution < 1.29 is 0 Å². The fourth-order valence-electron chi connectivity index (χ4n) is 2.56. The van der Waals surface area contributed by atoms with Crippen LogP contribution in [0.3, 0.4) is 0 Å². The van der Waals surface area contributed by atoms with Crippen molar-refractivity contribution in [3.05, 3.63) is 0 Å². The van der Waals surface area contributed by atoms with Gasteiger partial charge in [-0.2, -0.15) is 0 Å². The predicted octanol–water partition coefficient (Wildman–Crippen LogP) is 3.28. The summed E-state index contributed by atoms with van der Waals surface area (Å²) in [6.45, 7) is 14.2. The first-order chi connectivity index (χ1) is 8.01. The Morgan fingerprint density at radius 1 is 1.24 bits per heavy atom. The van der Waals surface area contributed by atoms with Gasteiger partial charge in [-0.1, -0.05) is 19.8 Å². The van der Waals surface area contributed by atoms with Gasteiger partial charge in [0.05, 0.1) is 0 Å². The lowest BCUT2D eigenvalue weighted by Gasteiger charge is -2.34. The van der Waals surface area contributed by atoms with Crippen LogP contribution in [0.1, 0.15) is 59.8 Å². The third kappa shape index (κ3) is 7.05. The van der Waals surface area contributed by atoms with Crippen LogP contribution >= 0.6 is 0 Å². The second-order valence-corrected chi connectivity index (χ2v) is 6.65. The predicted molar refractivity (Wildman–Crippen MR) is 76.4 cm³/mol. The van der Waals surface area contributed by atoms with Crippen LogP contribution in [0.15, 0.2) is 0 Å². The molecule has 1 N–H and O–H groups in total. The molecule has 0 aromatic carbocycles. The maximum absolute atomic E-state index is 3.65. The summed E-state index contributed by atoms with van der Waals surface area (Å²) in [5, 5.41) is 3.65. The minimum atomic E-state index is 0.268. The highest BCUT2D eigenvalue weighted by Gasteiger charge is 2.20. The lowest BCUT2D eigenvalue weighted by Crippen LogP contribution is -2.44. The lowest BCUT2D eigenvalue weighted by atomic mass is 9.96. The van der Waals surface area contributed by atoms with E-state index in [0.717, 1.165) is 5.92 Å². The second-order valence-electron chi connectivity index (χ2n) is 6.65. The van der Waals surface area contributed by atoms with Gasteiger partial charge >= 0.3 is 0 Å². The molecule has 1 fully saturated rings. The molecule has 0 aliphatic carbocycles. The smallest absolute Gasteiger partial charge is 0.00966 e. The molecule has 1 aliphatic heterocycles. The van der Waals surface area contributed by atoms with Crippen LogP contribution < -0.4 is 5.32 Å². The van der Waals surface area contributed by atoms with E-state index in [2.05, 4.69) is 37.9 Å². The van der Waals surface area contributed by atoms with E-state index in [1.54, 1.807) is 0 Å². The lowest BCUT2D eigenvalue weighted by molar-refractivity contribution is 0.164. The van der Waals surface area contributed by atoms with Crippen molar-refractivity contribution in [3.63, 3.8) is 0 Å². The molecule has 102 valence electrons. The molecular weight excluding hydrogens is 208 g/mol. The van der Waals surface area contributed by atoms with Crippen LogP contribution in [0.5, 0.6) is 0 Å². The highest BCUT2D eigenvalue weighted by Crippen LogP contribution is 2.17. The number of hydrogen-bond donors (Lipinski definition) is 1. The molecule has 1 saturated heterocycles. The molecular formula is C15H32N2. The van der Waals surface area contributed by atoms with Gasteiger partial charge in [0.1, 0.15) is 0 Å². The number of hydrogen-bond acceptors (Lipinski definition) is 2. The summed E-state index contributed by atoms with van der Waals surface area (Å²) < 4.78 is 0. The molecule has 2 heteroatoms. The van der Waals surface area contributed by atoms with Gasteiger partial charge in [-0.25, -0.2) is 0 Å². The zero-order chi connectivity index (χ0) is 12.7. The Morgan fingerprint density at radius 3 is 2.65 bits per heavy atom. The number of piperidine rings is 1. The average molecular weight is 240 g/mol. The molecule has 0 aromatic rings. The van der Waals surface area contributed by atoms with Crippen molar-refractivity contribution in [2.24, 2.45) is 5.92 Å². The number of rotatable bonds is 6. The van der Waals surface area contributed by atoms with Crippen molar-refractivity contribution in [2.75, 3.05) is 26.2 Å². The van der Waals surface area contributed by atoms with E-state index >= 15 is 0 Å². The molecule has 17 heavy (non-hydrogen) atoms. The maximum atomic E-state index is 3.65. The number of unbranched alkanes of at least 4 members (excludes halogenated alkanes) is 2. The summed E-state index contributed by atoms with van der Waals surface area (Å²) in [5.74, 6) is 0.865. The minimum absolute atomic E-state index is 0.268. The van der Waals surface area contributed by atoms with E-state index in [4.69, 9.17) is 0 Å². The summed E-state index contributed by atoms with van der Waals surface area (Å²) in [6.07, 6.45) is 6.91. The Bertz CT molecular complexity index is 196. The highest BCUT2D eigenvalue weighted by molar-refractivity contribution is 4.78. The van der Waals surface area contributed by atoms with Crippen LogP contribution in [-0.4, -0.2) is 36.6 Å². The van der Waals surface area contributed by atoms with Gasteiger partial charge in [0, 0.05) is 12.1 Å². The highest BCUT2D eigenvalue weighted by atomic mass is 15.1.